The van der Waals surface area contributed by atoms with E-state index in [-0.39, 0.29) is 5.78 Å². The van der Waals surface area contributed by atoms with Gasteiger partial charge in [-0.1, -0.05) is 6.92 Å². The van der Waals surface area contributed by atoms with Crippen LogP contribution in [-0.4, -0.2) is 37.6 Å². The Morgan fingerprint density at radius 1 is 1.53 bits per heavy atom. The van der Waals surface area contributed by atoms with Gasteiger partial charge in [-0.25, -0.2) is 0 Å². The summed E-state index contributed by atoms with van der Waals surface area (Å²) in [6, 6.07) is 3.79. The average Bonchev–Trinajstić information content (AvgIpc) is 2.47. The monoisotopic (exact) mass is 262 g/mol. The minimum absolute atomic E-state index is 0.0925. The fourth-order valence-corrected chi connectivity index (χ4v) is 2.40. The van der Waals surface area contributed by atoms with Crippen LogP contribution >= 0.6 is 0 Å². The molecule has 2 rings (SSSR count). The molecule has 1 aliphatic rings. The van der Waals surface area contributed by atoms with Crippen molar-refractivity contribution >= 4 is 11.5 Å². The van der Waals surface area contributed by atoms with Crippen molar-refractivity contribution in [3.8, 4) is 0 Å². The zero-order valence-corrected chi connectivity index (χ0v) is 11.8. The highest BCUT2D eigenvalue weighted by molar-refractivity contribution is 5.94. The SMILES string of the molecule is CCC(=O)c1ccc(N(C)CC2CCCOC2)cn1. The Hall–Kier alpha value is -1.42. The second-order valence-corrected chi connectivity index (χ2v) is 5.14. The van der Waals surface area contributed by atoms with Crippen molar-refractivity contribution < 1.29 is 9.53 Å². The average molecular weight is 262 g/mol. The van der Waals surface area contributed by atoms with Crippen molar-refractivity contribution in [1.29, 1.82) is 0 Å². The van der Waals surface area contributed by atoms with Gasteiger partial charge >= 0.3 is 0 Å². The summed E-state index contributed by atoms with van der Waals surface area (Å²) < 4.78 is 5.50. The normalized spacial score (nSPS) is 19.2. The smallest absolute Gasteiger partial charge is 0.180 e. The number of nitrogens with zero attached hydrogens (tertiary/aromatic N) is 2. The third-order valence-corrected chi connectivity index (χ3v) is 3.58. The summed E-state index contributed by atoms with van der Waals surface area (Å²) in [7, 11) is 2.06. The predicted molar refractivity (Wildman–Crippen MR) is 75.7 cm³/mol. The molecule has 0 aliphatic carbocycles. The van der Waals surface area contributed by atoms with Gasteiger partial charge in [0.05, 0.1) is 18.5 Å². The van der Waals surface area contributed by atoms with Gasteiger partial charge in [-0.3, -0.25) is 9.78 Å². The van der Waals surface area contributed by atoms with Crippen LogP contribution in [0.5, 0.6) is 0 Å². The van der Waals surface area contributed by atoms with Crippen LogP contribution in [0.4, 0.5) is 5.69 Å². The van der Waals surface area contributed by atoms with E-state index in [0.29, 0.717) is 18.0 Å². The van der Waals surface area contributed by atoms with Crippen LogP contribution in [0.3, 0.4) is 0 Å². The van der Waals surface area contributed by atoms with Crippen LogP contribution < -0.4 is 4.90 Å². The van der Waals surface area contributed by atoms with Crippen LogP contribution in [-0.2, 0) is 4.74 Å². The lowest BCUT2D eigenvalue weighted by Crippen LogP contribution is -2.30. The molecule has 0 aromatic carbocycles. The van der Waals surface area contributed by atoms with Crippen molar-refractivity contribution in [3.63, 3.8) is 0 Å². The number of anilines is 1. The second-order valence-electron chi connectivity index (χ2n) is 5.14. The van der Waals surface area contributed by atoms with Gasteiger partial charge in [-0.15, -0.1) is 0 Å². The number of pyridine rings is 1. The van der Waals surface area contributed by atoms with Gasteiger partial charge in [0, 0.05) is 26.6 Å². The number of ether oxygens (including phenoxy) is 1. The van der Waals surface area contributed by atoms with Crippen molar-refractivity contribution in [2.24, 2.45) is 5.92 Å². The van der Waals surface area contributed by atoms with Crippen LogP contribution in [0.25, 0.3) is 0 Å². The van der Waals surface area contributed by atoms with Crippen LogP contribution in [0.15, 0.2) is 18.3 Å². The summed E-state index contributed by atoms with van der Waals surface area (Å²) in [5.74, 6) is 0.686. The van der Waals surface area contributed by atoms with E-state index in [0.717, 1.165) is 31.9 Å². The van der Waals surface area contributed by atoms with E-state index in [1.807, 2.05) is 19.1 Å². The number of aromatic nitrogens is 1. The number of carbonyl (C=O) groups is 1. The highest BCUT2D eigenvalue weighted by Gasteiger charge is 2.16. The Kier molecular flexibility index (Phi) is 4.91. The second kappa shape index (κ2) is 6.66. The molecular weight excluding hydrogens is 240 g/mol. The number of ketones is 1. The summed E-state index contributed by atoms with van der Waals surface area (Å²) in [6.45, 7) is 4.58. The summed E-state index contributed by atoms with van der Waals surface area (Å²) in [5, 5.41) is 0. The van der Waals surface area contributed by atoms with E-state index in [2.05, 4.69) is 16.9 Å². The Morgan fingerprint density at radius 3 is 2.95 bits per heavy atom. The lowest BCUT2D eigenvalue weighted by molar-refractivity contribution is 0.0576. The topological polar surface area (TPSA) is 42.4 Å². The fourth-order valence-electron chi connectivity index (χ4n) is 2.40. The summed E-state index contributed by atoms with van der Waals surface area (Å²) in [5.41, 5.74) is 1.61. The molecule has 0 radical (unpaired) electrons. The van der Waals surface area contributed by atoms with Gasteiger partial charge in [0.1, 0.15) is 5.69 Å². The molecule has 4 heteroatoms. The molecule has 0 N–H and O–H groups in total. The van der Waals surface area contributed by atoms with E-state index >= 15 is 0 Å². The molecule has 19 heavy (non-hydrogen) atoms. The van der Waals surface area contributed by atoms with Crippen molar-refractivity contribution in [2.75, 3.05) is 31.7 Å². The van der Waals surface area contributed by atoms with Crippen molar-refractivity contribution in [1.82, 2.24) is 4.98 Å². The van der Waals surface area contributed by atoms with Crippen LogP contribution in [0.2, 0.25) is 0 Å². The first kappa shape index (κ1) is 14.0. The molecule has 1 unspecified atom stereocenters. The maximum absolute atomic E-state index is 11.5. The number of hydrogen-bond acceptors (Lipinski definition) is 4. The molecule has 1 aromatic rings. The zero-order chi connectivity index (χ0) is 13.7. The van der Waals surface area contributed by atoms with Crippen LogP contribution in [0, 0.1) is 5.92 Å². The molecule has 1 atom stereocenters. The van der Waals surface area contributed by atoms with E-state index < -0.39 is 0 Å². The van der Waals surface area contributed by atoms with Gasteiger partial charge in [-0.05, 0) is 30.9 Å². The molecular formula is C15H22N2O2. The molecule has 4 nitrogen and oxygen atoms in total. The Balaban J connectivity index is 1.94. The first-order chi connectivity index (χ1) is 9.20. The summed E-state index contributed by atoms with van der Waals surface area (Å²) >= 11 is 0. The lowest BCUT2D eigenvalue weighted by atomic mass is 10.0. The Labute approximate surface area is 114 Å². The molecule has 2 heterocycles. The lowest BCUT2D eigenvalue weighted by Gasteiger charge is -2.28. The third kappa shape index (κ3) is 3.77. The molecule has 0 bridgehead atoms. The quantitative estimate of drug-likeness (QED) is 0.765. The highest BCUT2D eigenvalue weighted by atomic mass is 16.5. The molecule has 1 aromatic heterocycles. The molecule has 1 aliphatic heterocycles. The van der Waals surface area contributed by atoms with Gasteiger partial charge in [0.15, 0.2) is 5.78 Å². The van der Waals surface area contributed by atoms with E-state index in [9.17, 15) is 4.79 Å². The van der Waals surface area contributed by atoms with Gasteiger partial charge < -0.3 is 9.64 Å². The minimum Gasteiger partial charge on any atom is -0.381 e. The van der Waals surface area contributed by atoms with Gasteiger partial charge in [0.2, 0.25) is 0 Å². The van der Waals surface area contributed by atoms with Gasteiger partial charge in [-0.2, -0.15) is 0 Å². The minimum atomic E-state index is 0.0925. The van der Waals surface area contributed by atoms with E-state index in [1.165, 1.54) is 6.42 Å². The van der Waals surface area contributed by atoms with Crippen molar-refractivity contribution in [2.45, 2.75) is 26.2 Å². The maximum atomic E-state index is 11.5. The summed E-state index contributed by atoms with van der Waals surface area (Å²) in [4.78, 5) is 17.9. The largest absolute Gasteiger partial charge is 0.381 e. The molecule has 0 amide bonds. The number of hydrogen-bond donors (Lipinski definition) is 0. The van der Waals surface area contributed by atoms with Crippen molar-refractivity contribution in [3.05, 3.63) is 24.0 Å². The first-order valence-electron chi connectivity index (χ1n) is 6.99. The molecule has 104 valence electrons. The van der Waals surface area contributed by atoms with Gasteiger partial charge in [0.25, 0.3) is 0 Å². The molecule has 1 fully saturated rings. The van der Waals surface area contributed by atoms with Crippen LogP contribution in [0.1, 0.15) is 36.7 Å². The Morgan fingerprint density at radius 2 is 2.37 bits per heavy atom. The Bertz CT molecular complexity index is 411. The fraction of sp³-hybridized carbons (Fsp3) is 0.600. The maximum Gasteiger partial charge on any atom is 0.180 e. The number of Topliss-reactive ketones (excluding diaryl/α,β-unsaturated/α-hetero) is 1. The predicted octanol–water partition coefficient (Wildman–Crippen LogP) is 2.54. The number of carbonyl (C=O) groups excluding carboxylic acids is 1. The zero-order valence-electron chi connectivity index (χ0n) is 11.8. The third-order valence-electron chi connectivity index (χ3n) is 3.58. The summed E-state index contributed by atoms with van der Waals surface area (Å²) in [6.07, 6.45) is 4.67. The van der Waals surface area contributed by atoms with E-state index in [1.54, 1.807) is 6.20 Å². The number of rotatable bonds is 5. The molecule has 0 saturated carbocycles. The van der Waals surface area contributed by atoms with E-state index in [4.69, 9.17) is 4.74 Å². The molecule has 1 saturated heterocycles. The standard InChI is InChI=1S/C15H22N2O2/c1-3-15(18)14-7-6-13(9-16-14)17(2)10-12-5-4-8-19-11-12/h6-7,9,12H,3-5,8,10-11H2,1-2H3. The highest BCUT2D eigenvalue weighted by Crippen LogP contribution is 2.18. The first-order valence-corrected chi connectivity index (χ1v) is 6.99. The molecule has 0 spiro atoms.